The van der Waals surface area contributed by atoms with E-state index in [2.05, 4.69) is 23.1 Å². The molecule has 2 rings (SSSR count). The third-order valence-corrected chi connectivity index (χ3v) is 2.27. The van der Waals surface area contributed by atoms with Crippen LogP contribution in [-0.2, 0) is 30.8 Å². The van der Waals surface area contributed by atoms with Crippen LogP contribution in [0.3, 0.4) is 0 Å². The van der Waals surface area contributed by atoms with Crippen LogP contribution in [0.1, 0.15) is 5.56 Å². The fourth-order valence-corrected chi connectivity index (χ4v) is 1.53. The van der Waals surface area contributed by atoms with Gasteiger partial charge in [0.15, 0.2) is 0 Å². The fourth-order valence-electron chi connectivity index (χ4n) is 1.53. The molecule has 1 aliphatic heterocycles. The number of ether oxygens (including phenoxy) is 1. The van der Waals surface area contributed by atoms with Crippen molar-refractivity contribution < 1.29 is 48.2 Å². The van der Waals surface area contributed by atoms with Crippen LogP contribution in [0.2, 0.25) is 0 Å². The minimum absolute atomic E-state index is 0. The van der Waals surface area contributed by atoms with Gasteiger partial charge in [-0.25, -0.2) is 0 Å². The molecule has 1 heterocycles. The van der Waals surface area contributed by atoms with Crippen LogP contribution in [0.4, 0.5) is 0 Å². The van der Waals surface area contributed by atoms with Gasteiger partial charge in [-0.3, -0.25) is 4.90 Å². The quantitative estimate of drug-likeness (QED) is 0.457. The molecule has 1 aromatic carbocycles. The SMILES string of the molecule is [I-].[Zn].[c]1ccccc1CN1CCOCC1. The molecular weight excluding hydrogens is 354 g/mol. The van der Waals surface area contributed by atoms with Gasteiger partial charge in [0.2, 0.25) is 0 Å². The number of hydrogen-bond acceptors (Lipinski definition) is 2. The van der Waals surface area contributed by atoms with Crippen LogP contribution >= 0.6 is 0 Å². The first-order valence-electron chi connectivity index (χ1n) is 4.71. The van der Waals surface area contributed by atoms with Crippen LogP contribution in [0.5, 0.6) is 0 Å². The van der Waals surface area contributed by atoms with E-state index < -0.39 is 0 Å². The molecule has 1 aromatic rings. The molecule has 0 unspecified atom stereocenters. The molecule has 0 spiro atoms. The van der Waals surface area contributed by atoms with Gasteiger partial charge < -0.3 is 28.7 Å². The maximum atomic E-state index is 5.29. The Morgan fingerprint density at radius 3 is 2.60 bits per heavy atom. The van der Waals surface area contributed by atoms with Crippen molar-refractivity contribution in [3.8, 4) is 0 Å². The molecule has 0 bridgehead atoms. The Balaban J connectivity index is 0.000000980. The van der Waals surface area contributed by atoms with E-state index in [0.717, 1.165) is 32.8 Å². The van der Waals surface area contributed by atoms with E-state index in [1.165, 1.54) is 5.56 Å². The standard InChI is InChI=1S/C11H14NO.HI.Zn/c1-2-4-11(5-3-1)10-12-6-8-13-9-7-12;;/h1-4H,6-10H2;1H;/p-1. The summed E-state index contributed by atoms with van der Waals surface area (Å²) < 4.78 is 5.29. The number of rotatable bonds is 2. The van der Waals surface area contributed by atoms with Gasteiger partial charge in [0.05, 0.1) is 13.2 Å². The van der Waals surface area contributed by atoms with Gasteiger partial charge in [0.1, 0.15) is 0 Å². The molecule has 15 heavy (non-hydrogen) atoms. The molecule has 0 aliphatic carbocycles. The fraction of sp³-hybridized carbons (Fsp3) is 0.455. The Bertz CT molecular complexity index is 252. The van der Waals surface area contributed by atoms with Gasteiger partial charge in [-0.2, -0.15) is 0 Å². The molecule has 1 fully saturated rings. The van der Waals surface area contributed by atoms with Crippen LogP contribution < -0.4 is 24.0 Å². The summed E-state index contributed by atoms with van der Waals surface area (Å²) in [7, 11) is 0. The summed E-state index contributed by atoms with van der Waals surface area (Å²) in [4.78, 5) is 2.40. The zero-order chi connectivity index (χ0) is 8.93. The molecule has 0 atom stereocenters. The molecule has 1 aliphatic rings. The summed E-state index contributed by atoms with van der Waals surface area (Å²) in [5, 5.41) is 0. The van der Waals surface area contributed by atoms with Crippen LogP contribution in [0, 0.1) is 6.07 Å². The topological polar surface area (TPSA) is 12.5 Å². The van der Waals surface area contributed by atoms with Crippen LogP contribution in [0.25, 0.3) is 0 Å². The monoisotopic (exact) mass is 367 g/mol. The summed E-state index contributed by atoms with van der Waals surface area (Å²) >= 11 is 0. The Morgan fingerprint density at radius 1 is 1.27 bits per heavy atom. The molecule has 0 aromatic heterocycles. The van der Waals surface area contributed by atoms with E-state index in [0.29, 0.717) is 0 Å². The van der Waals surface area contributed by atoms with E-state index in [9.17, 15) is 0 Å². The number of hydrogen-bond donors (Lipinski definition) is 0. The maximum absolute atomic E-state index is 5.29. The summed E-state index contributed by atoms with van der Waals surface area (Å²) in [5.41, 5.74) is 1.27. The third kappa shape index (κ3) is 5.39. The van der Waals surface area contributed by atoms with Crippen LogP contribution in [-0.4, -0.2) is 31.2 Å². The molecule has 0 amide bonds. The Hall–Kier alpha value is 0.493. The summed E-state index contributed by atoms with van der Waals surface area (Å²) in [6, 6.07) is 11.4. The first kappa shape index (κ1) is 15.5. The molecule has 1 saturated heterocycles. The predicted octanol–water partition coefficient (Wildman–Crippen LogP) is -1.68. The van der Waals surface area contributed by atoms with Crippen molar-refractivity contribution in [2.45, 2.75) is 6.54 Å². The molecule has 2 nitrogen and oxygen atoms in total. The van der Waals surface area contributed by atoms with Crippen molar-refractivity contribution in [1.29, 1.82) is 0 Å². The van der Waals surface area contributed by atoms with Gasteiger partial charge in [-0.15, -0.1) is 0 Å². The van der Waals surface area contributed by atoms with Crippen molar-refractivity contribution in [3.05, 3.63) is 35.9 Å². The second-order valence-electron chi connectivity index (χ2n) is 3.28. The second kappa shape index (κ2) is 8.62. The molecule has 0 saturated carbocycles. The average Bonchev–Trinajstić information content (AvgIpc) is 2.21. The second-order valence-corrected chi connectivity index (χ2v) is 3.28. The molecule has 0 N–H and O–H groups in total. The van der Waals surface area contributed by atoms with Crippen molar-refractivity contribution in [3.63, 3.8) is 0 Å². The van der Waals surface area contributed by atoms with Crippen molar-refractivity contribution >= 4 is 0 Å². The summed E-state index contributed by atoms with van der Waals surface area (Å²) in [5.74, 6) is 0. The number of benzene rings is 1. The Morgan fingerprint density at radius 2 is 2.00 bits per heavy atom. The van der Waals surface area contributed by atoms with Gasteiger partial charge in [0.25, 0.3) is 0 Å². The van der Waals surface area contributed by atoms with Crippen molar-refractivity contribution in [2.75, 3.05) is 26.3 Å². The molecule has 4 heteroatoms. The largest absolute Gasteiger partial charge is 1.00 e. The number of halogens is 1. The average molecular weight is 369 g/mol. The van der Waals surface area contributed by atoms with Crippen molar-refractivity contribution in [1.82, 2.24) is 4.90 Å². The van der Waals surface area contributed by atoms with E-state index in [1.807, 2.05) is 12.1 Å². The number of morpholine rings is 1. The van der Waals surface area contributed by atoms with Gasteiger partial charge >= 0.3 is 0 Å². The first-order chi connectivity index (χ1) is 6.45. The van der Waals surface area contributed by atoms with Crippen molar-refractivity contribution in [2.24, 2.45) is 0 Å². The maximum Gasteiger partial charge on any atom is 0.0594 e. The minimum atomic E-state index is 0. The smallest absolute Gasteiger partial charge is 0.0594 e. The predicted molar refractivity (Wildman–Crippen MR) is 51.4 cm³/mol. The number of nitrogens with zero attached hydrogens (tertiary/aromatic N) is 1. The van der Waals surface area contributed by atoms with E-state index >= 15 is 0 Å². The van der Waals surface area contributed by atoms with Gasteiger partial charge in [-0.1, -0.05) is 24.3 Å². The zero-order valence-electron chi connectivity index (χ0n) is 8.79. The third-order valence-electron chi connectivity index (χ3n) is 2.27. The molecular formula is C11H14INOZn-. The molecule has 1 radical (unpaired) electrons. The van der Waals surface area contributed by atoms with E-state index in [-0.39, 0.29) is 43.5 Å². The summed E-state index contributed by atoms with van der Waals surface area (Å²) in [6.07, 6.45) is 0. The zero-order valence-corrected chi connectivity index (χ0v) is 13.9. The Labute approximate surface area is 121 Å². The first-order valence-corrected chi connectivity index (χ1v) is 4.71. The van der Waals surface area contributed by atoms with Crippen LogP contribution in [0.15, 0.2) is 24.3 Å². The van der Waals surface area contributed by atoms with Gasteiger partial charge in [-0.05, 0) is 11.6 Å². The Kier molecular flexibility index (Phi) is 8.91. The summed E-state index contributed by atoms with van der Waals surface area (Å²) in [6.45, 7) is 4.83. The van der Waals surface area contributed by atoms with E-state index in [4.69, 9.17) is 4.74 Å². The minimum Gasteiger partial charge on any atom is -1.00 e. The van der Waals surface area contributed by atoms with Gasteiger partial charge in [0, 0.05) is 39.1 Å². The molecule has 79 valence electrons. The van der Waals surface area contributed by atoms with E-state index in [1.54, 1.807) is 0 Å². The normalized spacial score (nSPS) is 16.3.